The number of carbonyl (C=O) groups excluding carboxylic acids is 1. The molecule has 0 bridgehead atoms. The van der Waals surface area contributed by atoms with Crippen molar-refractivity contribution < 1.29 is 14.3 Å². The van der Waals surface area contributed by atoms with Crippen LogP contribution in [0, 0.1) is 13.8 Å². The lowest BCUT2D eigenvalue weighted by atomic mass is 9.89. The highest BCUT2D eigenvalue weighted by Crippen LogP contribution is 2.57. The topological polar surface area (TPSA) is 35.5 Å². The molecule has 0 amide bonds. The first-order chi connectivity index (χ1) is 16.0. The minimum atomic E-state index is -0.506. The SMILES string of the molecule is CC1=Cc2ccccc2[SH]1c1cc(C)c(OCC(=O)OC2CCCc3ccccc32)c(C)c1. The average Bonchev–Trinajstić information content (AvgIpc) is 3.14. The maximum absolute atomic E-state index is 12.6. The van der Waals surface area contributed by atoms with Gasteiger partial charge in [-0.05, 0) is 102 Å². The summed E-state index contributed by atoms with van der Waals surface area (Å²) in [6, 6.07) is 21.3. The molecule has 3 aromatic rings. The quantitative estimate of drug-likeness (QED) is 0.327. The molecule has 2 unspecified atom stereocenters. The van der Waals surface area contributed by atoms with Crippen LogP contribution in [0.5, 0.6) is 5.75 Å². The first-order valence-corrected chi connectivity index (χ1v) is 12.9. The number of rotatable bonds is 5. The normalized spacial score (nSPS) is 19.9. The molecule has 0 N–H and O–H groups in total. The minimum absolute atomic E-state index is 0.0732. The summed E-state index contributed by atoms with van der Waals surface area (Å²) in [6.45, 7) is 6.27. The number of hydrogen-bond acceptors (Lipinski definition) is 3. The molecule has 1 aliphatic carbocycles. The van der Waals surface area contributed by atoms with E-state index in [9.17, 15) is 4.79 Å². The first-order valence-electron chi connectivity index (χ1n) is 11.6. The maximum atomic E-state index is 12.6. The summed E-state index contributed by atoms with van der Waals surface area (Å²) in [7, 11) is -0.506. The zero-order valence-electron chi connectivity index (χ0n) is 19.4. The van der Waals surface area contributed by atoms with E-state index in [0.29, 0.717) is 0 Å². The number of thiol groups is 1. The van der Waals surface area contributed by atoms with Crippen molar-refractivity contribution in [3.8, 4) is 5.75 Å². The largest absolute Gasteiger partial charge is 0.481 e. The van der Waals surface area contributed by atoms with Crippen LogP contribution >= 0.6 is 10.9 Å². The van der Waals surface area contributed by atoms with Gasteiger partial charge < -0.3 is 9.47 Å². The monoisotopic (exact) mass is 458 g/mol. The van der Waals surface area contributed by atoms with Crippen molar-refractivity contribution in [2.45, 2.75) is 55.9 Å². The van der Waals surface area contributed by atoms with Gasteiger partial charge in [0.15, 0.2) is 6.61 Å². The molecule has 0 radical (unpaired) electrons. The Morgan fingerprint density at radius 1 is 1.00 bits per heavy atom. The van der Waals surface area contributed by atoms with Gasteiger partial charge in [0, 0.05) is 4.90 Å². The molecule has 4 heteroatoms. The van der Waals surface area contributed by atoms with Crippen LogP contribution < -0.4 is 4.74 Å². The van der Waals surface area contributed by atoms with E-state index < -0.39 is 10.9 Å². The van der Waals surface area contributed by atoms with Crippen molar-refractivity contribution in [2.24, 2.45) is 0 Å². The van der Waals surface area contributed by atoms with Gasteiger partial charge in [-0.3, -0.25) is 0 Å². The number of ether oxygens (including phenoxy) is 2. The lowest BCUT2D eigenvalue weighted by molar-refractivity contribution is -0.152. The third-order valence-electron chi connectivity index (χ3n) is 6.52. The van der Waals surface area contributed by atoms with E-state index in [1.54, 1.807) is 0 Å². The number of benzene rings is 3. The molecule has 0 spiro atoms. The lowest BCUT2D eigenvalue weighted by Gasteiger charge is -2.25. The highest BCUT2D eigenvalue weighted by atomic mass is 32.2. The Morgan fingerprint density at radius 2 is 1.73 bits per heavy atom. The van der Waals surface area contributed by atoms with Crippen molar-refractivity contribution >= 4 is 22.9 Å². The van der Waals surface area contributed by atoms with Gasteiger partial charge in [-0.15, -0.1) is 0 Å². The van der Waals surface area contributed by atoms with E-state index >= 15 is 0 Å². The van der Waals surface area contributed by atoms with Gasteiger partial charge in [0.2, 0.25) is 0 Å². The Balaban J connectivity index is 1.29. The number of carbonyl (C=O) groups is 1. The Hall–Kier alpha value is -2.98. The zero-order chi connectivity index (χ0) is 22.9. The van der Waals surface area contributed by atoms with Gasteiger partial charge in [0.05, 0.1) is 0 Å². The Kier molecular flexibility index (Phi) is 6.03. The van der Waals surface area contributed by atoms with Crippen molar-refractivity contribution in [1.29, 1.82) is 0 Å². The van der Waals surface area contributed by atoms with Crippen LogP contribution in [0.2, 0.25) is 0 Å². The van der Waals surface area contributed by atoms with E-state index in [1.807, 2.05) is 12.1 Å². The summed E-state index contributed by atoms with van der Waals surface area (Å²) in [5, 5.41) is 0. The summed E-state index contributed by atoms with van der Waals surface area (Å²) in [5.41, 5.74) is 5.85. The van der Waals surface area contributed by atoms with Crippen molar-refractivity contribution in [1.82, 2.24) is 0 Å². The molecule has 0 fully saturated rings. The summed E-state index contributed by atoms with van der Waals surface area (Å²) in [6.07, 6.45) is 5.08. The van der Waals surface area contributed by atoms with Crippen molar-refractivity contribution in [3.05, 3.63) is 93.4 Å². The molecular formula is C29H30O3S. The van der Waals surface area contributed by atoms with Gasteiger partial charge in [-0.1, -0.05) is 42.5 Å². The number of hydrogen-bond donors (Lipinski definition) is 1. The van der Waals surface area contributed by atoms with Crippen LogP contribution in [0.3, 0.4) is 0 Å². The van der Waals surface area contributed by atoms with Crippen LogP contribution in [0.1, 0.15) is 53.7 Å². The molecular weight excluding hydrogens is 428 g/mol. The molecule has 33 heavy (non-hydrogen) atoms. The first kappa shape index (κ1) is 21.8. The third kappa shape index (κ3) is 4.32. The zero-order valence-corrected chi connectivity index (χ0v) is 20.3. The van der Waals surface area contributed by atoms with Crippen LogP contribution in [-0.2, 0) is 16.0 Å². The van der Waals surface area contributed by atoms with Crippen LogP contribution in [0.15, 0.2) is 75.4 Å². The van der Waals surface area contributed by atoms with Gasteiger partial charge in [-0.2, -0.15) is 10.9 Å². The van der Waals surface area contributed by atoms with Crippen LogP contribution in [-0.4, -0.2) is 12.6 Å². The van der Waals surface area contributed by atoms with Gasteiger partial charge in [0.1, 0.15) is 11.9 Å². The number of fused-ring (bicyclic) bond motifs is 2. The molecule has 2 atom stereocenters. The molecule has 0 saturated carbocycles. The molecule has 1 aliphatic heterocycles. The maximum Gasteiger partial charge on any atom is 0.344 e. The fraction of sp³-hybridized carbons (Fsp3) is 0.276. The average molecular weight is 459 g/mol. The van der Waals surface area contributed by atoms with E-state index in [2.05, 4.69) is 75.4 Å². The van der Waals surface area contributed by atoms with Gasteiger partial charge in [0.25, 0.3) is 0 Å². The second-order valence-electron chi connectivity index (χ2n) is 8.95. The smallest absolute Gasteiger partial charge is 0.344 e. The Bertz CT molecular complexity index is 1220. The van der Waals surface area contributed by atoms with Crippen LogP contribution in [0.4, 0.5) is 0 Å². The van der Waals surface area contributed by atoms with E-state index in [4.69, 9.17) is 9.47 Å². The molecule has 0 aromatic heterocycles. The Morgan fingerprint density at radius 3 is 2.55 bits per heavy atom. The van der Waals surface area contributed by atoms with Crippen LogP contribution in [0.25, 0.3) is 6.08 Å². The predicted molar refractivity (Wildman–Crippen MR) is 135 cm³/mol. The van der Waals surface area contributed by atoms with Gasteiger partial charge >= 0.3 is 5.97 Å². The van der Waals surface area contributed by atoms with E-state index in [1.165, 1.54) is 25.8 Å². The number of aryl methyl sites for hydroxylation is 3. The van der Waals surface area contributed by atoms with E-state index in [0.717, 1.165) is 41.7 Å². The molecule has 1 heterocycles. The summed E-state index contributed by atoms with van der Waals surface area (Å²) in [4.78, 5) is 16.8. The number of allylic oxidation sites excluding steroid dienone is 1. The predicted octanol–water partition coefficient (Wildman–Crippen LogP) is 7.10. The Labute approximate surface area is 198 Å². The fourth-order valence-electron chi connectivity index (χ4n) is 5.08. The second kappa shape index (κ2) is 9.11. The van der Waals surface area contributed by atoms with Crippen molar-refractivity contribution in [2.75, 3.05) is 6.61 Å². The van der Waals surface area contributed by atoms with Gasteiger partial charge in [-0.25, -0.2) is 4.79 Å². The minimum Gasteiger partial charge on any atom is -0.481 e. The molecule has 3 aromatic carbocycles. The lowest BCUT2D eigenvalue weighted by Crippen LogP contribution is -2.21. The molecule has 0 saturated heterocycles. The molecule has 5 rings (SSSR count). The highest BCUT2D eigenvalue weighted by Gasteiger charge is 2.24. The summed E-state index contributed by atoms with van der Waals surface area (Å²) >= 11 is 0. The van der Waals surface area contributed by atoms with E-state index in [-0.39, 0.29) is 18.7 Å². The summed E-state index contributed by atoms with van der Waals surface area (Å²) in [5.74, 6) is 0.469. The molecule has 170 valence electrons. The molecule has 3 nitrogen and oxygen atoms in total. The standard InChI is InChI=1S/C29H30O3S/c1-19-15-24(33-21(3)17-23-10-5-7-14-27(23)33)16-20(2)29(19)31-18-28(30)32-26-13-8-11-22-9-4-6-12-25(22)26/h4-7,9-10,12,14-17,26,33H,8,11,13,18H2,1-3H3. The second-order valence-corrected chi connectivity index (χ2v) is 11.3. The number of esters is 1. The summed E-state index contributed by atoms with van der Waals surface area (Å²) < 4.78 is 11.8. The van der Waals surface area contributed by atoms with Crippen molar-refractivity contribution in [3.63, 3.8) is 0 Å². The third-order valence-corrected chi connectivity index (χ3v) is 9.02. The fourth-order valence-corrected chi connectivity index (χ4v) is 7.69. The highest BCUT2D eigenvalue weighted by molar-refractivity contribution is 8.20. The molecule has 2 aliphatic rings.